The highest BCUT2D eigenvalue weighted by Gasteiger charge is 2.26. The minimum Gasteiger partial charge on any atom is -0.506 e. The van der Waals surface area contributed by atoms with Gasteiger partial charge in [-0.1, -0.05) is 12.1 Å². The summed E-state index contributed by atoms with van der Waals surface area (Å²) in [6.07, 6.45) is 1.38. The van der Waals surface area contributed by atoms with Gasteiger partial charge in [0, 0.05) is 6.20 Å². The summed E-state index contributed by atoms with van der Waals surface area (Å²) in [6, 6.07) is 10.0. The number of nitrogens with zero attached hydrogens (tertiary/aromatic N) is 3. The molecule has 120 valence electrons. The molecule has 2 N–H and O–H groups in total. The number of aromatic hydroxyl groups is 1. The summed E-state index contributed by atoms with van der Waals surface area (Å²) in [5, 5.41) is 35.3. The molecule has 0 bridgehead atoms. The Morgan fingerprint density at radius 3 is 2.38 bits per heavy atom. The first kappa shape index (κ1) is 15.2. The summed E-state index contributed by atoms with van der Waals surface area (Å²) in [7, 11) is 0. The van der Waals surface area contributed by atoms with Crippen molar-refractivity contribution in [3.63, 3.8) is 0 Å². The van der Waals surface area contributed by atoms with Crippen LogP contribution in [0.5, 0.6) is 5.75 Å². The van der Waals surface area contributed by atoms with Crippen molar-refractivity contribution in [3.8, 4) is 5.75 Å². The molecule has 0 spiro atoms. The number of nitro groups is 2. The van der Waals surface area contributed by atoms with Gasteiger partial charge in [0.25, 0.3) is 5.69 Å². The number of pyridine rings is 1. The van der Waals surface area contributed by atoms with Crippen LogP contribution < -0.4 is 5.32 Å². The van der Waals surface area contributed by atoms with Gasteiger partial charge >= 0.3 is 5.69 Å². The number of phenols is 1. The number of rotatable bonds is 4. The second-order valence-corrected chi connectivity index (χ2v) is 4.85. The molecule has 3 aromatic rings. The molecule has 0 aliphatic carbocycles. The third-order valence-electron chi connectivity index (χ3n) is 3.41. The van der Waals surface area contributed by atoms with Crippen molar-refractivity contribution >= 4 is 33.7 Å². The summed E-state index contributed by atoms with van der Waals surface area (Å²) in [4.78, 5) is 25.2. The number of nitrogens with one attached hydrogen (secondary N) is 1. The Kier molecular flexibility index (Phi) is 3.66. The Morgan fingerprint density at radius 1 is 1.00 bits per heavy atom. The molecule has 1 aromatic heterocycles. The molecule has 0 fully saturated rings. The molecule has 0 atom stereocenters. The van der Waals surface area contributed by atoms with Crippen molar-refractivity contribution < 1.29 is 15.0 Å². The van der Waals surface area contributed by atoms with Gasteiger partial charge in [0.1, 0.15) is 17.0 Å². The Bertz CT molecular complexity index is 973. The van der Waals surface area contributed by atoms with E-state index in [1.165, 1.54) is 30.5 Å². The van der Waals surface area contributed by atoms with Gasteiger partial charge in [0.15, 0.2) is 0 Å². The third kappa shape index (κ3) is 2.54. The van der Waals surface area contributed by atoms with Gasteiger partial charge in [-0.25, -0.2) is 0 Å². The van der Waals surface area contributed by atoms with Crippen molar-refractivity contribution in [2.24, 2.45) is 0 Å². The molecular weight excluding hydrogens is 316 g/mol. The predicted molar refractivity (Wildman–Crippen MR) is 86.4 cm³/mol. The smallest absolute Gasteiger partial charge is 0.301 e. The quantitative estimate of drug-likeness (QED) is 0.426. The van der Waals surface area contributed by atoms with Gasteiger partial charge in [0.05, 0.1) is 27.0 Å². The van der Waals surface area contributed by atoms with Crippen LogP contribution in [-0.4, -0.2) is 19.9 Å². The number of non-ortho nitro benzene ring substituents is 1. The average molecular weight is 326 g/mol. The van der Waals surface area contributed by atoms with Crippen molar-refractivity contribution in [1.82, 2.24) is 4.98 Å². The fourth-order valence-corrected chi connectivity index (χ4v) is 2.34. The number of hydrogen-bond acceptors (Lipinski definition) is 7. The minimum absolute atomic E-state index is 0.0253. The van der Waals surface area contributed by atoms with E-state index in [0.29, 0.717) is 0 Å². The molecule has 24 heavy (non-hydrogen) atoms. The van der Waals surface area contributed by atoms with Crippen LogP contribution in [0, 0.1) is 20.2 Å². The SMILES string of the molecule is O=[N+]([O-])c1cc([N+](=O)[O-])c2cccnc2c1Nc1ccccc1O. The molecule has 1 heterocycles. The van der Waals surface area contributed by atoms with Gasteiger partial charge in [0.2, 0.25) is 0 Å². The molecular formula is C15H10N4O5. The number of anilines is 2. The minimum atomic E-state index is -0.733. The van der Waals surface area contributed by atoms with E-state index in [9.17, 15) is 25.3 Å². The topological polar surface area (TPSA) is 131 Å². The van der Waals surface area contributed by atoms with Crippen LogP contribution in [0.2, 0.25) is 0 Å². The highest BCUT2D eigenvalue weighted by atomic mass is 16.6. The van der Waals surface area contributed by atoms with E-state index >= 15 is 0 Å². The lowest BCUT2D eigenvalue weighted by molar-refractivity contribution is -0.392. The van der Waals surface area contributed by atoms with Gasteiger partial charge in [-0.3, -0.25) is 25.2 Å². The van der Waals surface area contributed by atoms with E-state index in [4.69, 9.17) is 0 Å². The largest absolute Gasteiger partial charge is 0.506 e. The summed E-state index contributed by atoms with van der Waals surface area (Å²) >= 11 is 0. The monoisotopic (exact) mass is 326 g/mol. The number of phenolic OH excluding ortho intramolecular Hbond substituents is 1. The van der Waals surface area contributed by atoms with E-state index in [-0.39, 0.29) is 28.0 Å². The third-order valence-corrected chi connectivity index (χ3v) is 3.41. The maximum atomic E-state index is 11.4. The summed E-state index contributed by atoms with van der Waals surface area (Å²) < 4.78 is 0. The number of hydrogen-bond donors (Lipinski definition) is 2. The van der Waals surface area contributed by atoms with Gasteiger partial charge in [-0.2, -0.15) is 0 Å². The fourth-order valence-electron chi connectivity index (χ4n) is 2.34. The summed E-state index contributed by atoms with van der Waals surface area (Å²) in [6.45, 7) is 0. The number of benzene rings is 2. The Morgan fingerprint density at radius 2 is 1.71 bits per heavy atom. The van der Waals surface area contributed by atoms with Gasteiger partial charge < -0.3 is 10.4 Å². The van der Waals surface area contributed by atoms with Crippen LogP contribution in [0.15, 0.2) is 48.7 Å². The molecule has 3 rings (SSSR count). The summed E-state index contributed by atoms with van der Waals surface area (Å²) in [5.74, 6) is -0.116. The molecule has 0 saturated carbocycles. The first-order valence-electron chi connectivity index (χ1n) is 6.74. The zero-order chi connectivity index (χ0) is 17.3. The standard InChI is InChI=1S/C15H10N4O5/c20-13-6-2-1-5-10(13)17-15-12(19(23)24)8-11(18(21)22)9-4-3-7-16-14(9)15/h1-8,17,20H. The normalized spacial score (nSPS) is 10.5. The van der Waals surface area contributed by atoms with E-state index < -0.39 is 21.2 Å². The Labute approximate surface area is 134 Å². The lowest BCUT2D eigenvalue weighted by Gasteiger charge is -2.11. The molecule has 2 aromatic carbocycles. The van der Waals surface area contributed by atoms with Crippen LogP contribution in [-0.2, 0) is 0 Å². The number of fused-ring (bicyclic) bond motifs is 1. The molecule has 0 aliphatic heterocycles. The van der Waals surface area contributed by atoms with Crippen molar-refractivity contribution in [2.45, 2.75) is 0 Å². The van der Waals surface area contributed by atoms with E-state index in [2.05, 4.69) is 10.3 Å². The predicted octanol–water partition coefficient (Wildman–Crippen LogP) is 3.50. The molecule has 0 amide bonds. The van der Waals surface area contributed by atoms with Crippen LogP contribution >= 0.6 is 0 Å². The Hall–Kier alpha value is -3.75. The van der Waals surface area contributed by atoms with Crippen molar-refractivity contribution in [3.05, 3.63) is 68.9 Å². The maximum Gasteiger partial charge on any atom is 0.301 e. The van der Waals surface area contributed by atoms with E-state index in [1.807, 2.05) is 0 Å². The van der Waals surface area contributed by atoms with Gasteiger partial charge in [-0.05, 0) is 24.3 Å². The number of nitro benzene ring substituents is 2. The molecule has 0 unspecified atom stereocenters. The maximum absolute atomic E-state index is 11.4. The summed E-state index contributed by atoms with van der Waals surface area (Å²) in [5.41, 5.74) is -0.644. The number of para-hydroxylation sites is 2. The lowest BCUT2D eigenvalue weighted by atomic mass is 10.1. The fraction of sp³-hybridized carbons (Fsp3) is 0. The number of aromatic nitrogens is 1. The first-order valence-corrected chi connectivity index (χ1v) is 6.74. The van der Waals surface area contributed by atoms with Crippen LogP contribution in [0.25, 0.3) is 10.9 Å². The van der Waals surface area contributed by atoms with E-state index in [0.717, 1.165) is 6.07 Å². The van der Waals surface area contributed by atoms with Crippen molar-refractivity contribution in [2.75, 3.05) is 5.32 Å². The lowest BCUT2D eigenvalue weighted by Crippen LogP contribution is -2.02. The highest BCUT2D eigenvalue weighted by Crippen LogP contribution is 2.40. The second kappa shape index (κ2) is 5.80. The molecule has 0 saturated heterocycles. The Balaban J connectivity index is 2.31. The van der Waals surface area contributed by atoms with Gasteiger partial charge in [-0.15, -0.1) is 0 Å². The average Bonchev–Trinajstić information content (AvgIpc) is 2.56. The first-order chi connectivity index (χ1) is 11.5. The van der Waals surface area contributed by atoms with Crippen LogP contribution in [0.3, 0.4) is 0 Å². The zero-order valence-corrected chi connectivity index (χ0v) is 12.0. The molecule has 0 aliphatic rings. The second-order valence-electron chi connectivity index (χ2n) is 4.85. The molecule has 0 radical (unpaired) electrons. The van der Waals surface area contributed by atoms with Crippen molar-refractivity contribution in [1.29, 1.82) is 0 Å². The molecule has 9 heteroatoms. The highest BCUT2D eigenvalue weighted by molar-refractivity contribution is 6.02. The van der Waals surface area contributed by atoms with Crippen LogP contribution in [0.4, 0.5) is 22.7 Å². The molecule has 9 nitrogen and oxygen atoms in total. The van der Waals surface area contributed by atoms with E-state index in [1.54, 1.807) is 12.1 Å². The van der Waals surface area contributed by atoms with Crippen LogP contribution in [0.1, 0.15) is 0 Å². The zero-order valence-electron chi connectivity index (χ0n) is 12.0.